The van der Waals surface area contributed by atoms with Crippen LogP contribution in [0.1, 0.15) is 17.3 Å². The molecule has 0 unspecified atom stereocenters. The first-order chi connectivity index (χ1) is 10.9. The maximum absolute atomic E-state index is 12.3. The fraction of sp³-hybridized carbons (Fsp3) is 0.0667. The number of carbonyl (C=O) groups is 2. The molecule has 0 bridgehead atoms. The molecule has 2 N–H and O–H groups in total. The van der Waals surface area contributed by atoms with Crippen LogP contribution in [0.2, 0.25) is 0 Å². The van der Waals surface area contributed by atoms with Crippen LogP contribution in [-0.4, -0.2) is 16.7 Å². The van der Waals surface area contributed by atoms with Crippen molar-refractivity contribution in [1.29, 1.82) is 0 Å². The largest absolute Gasteiger partial charge is 0.326 e. The molecule has 0 aliphatic heterocycles. The minimum Gasteiger partial charge on any atom is -0.326 e. The number of nitrogens with one attached hydrogen (secondary N) is 2. The van der Waals surface area contributed by atoms with E-state index in [-0.39, 0.29) is 17.2 Å². The van der Waals surface area contributed by atoms with Gasteiger partial charge in [0.15, 0.2) is 0 Å². The molecule has 0 atom stereocenters. The monoisotopic (exact) mass is 425 g/mol. The molecule has 0 aliphatic carbocycles. The molecule has 0 heterocycles. The van der Waals surface area contributed by atoms with Crippen molar-refractivity contribution in [1.82, 2.24) is 0 Å². The zero-order valence-corrected chi connectivity index (χ0v) is 14.2. The summed E-state index contributed by atoms with van der Waals surface area (Å²) in [6, 6.07) is 10.7. The highest BCUT2D eigenvalue weighted by atomic mass is 127. The number of rotatable bonds is 4. The Morgan fingerprint density at radius 2 is 1.61 bits per heavy atom. The summed E-state index contributed by atoms with van der Waals surface area (Å²) < 4.78 is 0.612. The second-order valence-corrected chi connectivity index (χ2v) is 5.80. The van der Waals surface area contributed by atoms with Crippen LogP contribution >= 0.6 is 22.6 Å². The van der Waals surface area contributed by atoms with Crippen LogP contribution in [0.4, 0.5) is 17.1 Å². The van der Waals surface area contributed by atoms with Gasteiger partial charge in [-0.05, 0) is 52.9 Å². The summed E-state index contributed by atoms with van der Waals surface area (Å²) in [4.78, 5) is 33.5. The normalized spacial score (nSPS) is 10.0. The van der Waals surface area contributed by atoms with Crippen molar-refractivity contribution >= 4 is 51.5 Å². The van der Waals surface area contributed by atoms with E-state index in [9.17, 15) is 19.7 Å². The van der Waals surface area contributed by atoms with Gasteiger partial charge in [0.1, 0.15) is 0 Å². The van der Waals surface area contributed by atoms with Gasteiger partial charge in [-0.25, -0.2) is 0 Å². The van der Waals surface area contributed by atoms with Gasteiger partial charge in [-0.2, -0.15) is 0 Å². The maximum Gasteiger partial charge on any atom is 0.270 e. The summed E-state index contributed by atoms with van der Waals surface area (Å²) in [6.07, 6.45) is 0. The third kappa shape index (κ3) is 4.49. The van der Waals surface area contributed by atoms with Crippen molar-refractivity contribution in [3.05, 3.63) is 61.7 Å². The van der Waals surface area contributed by atoms with Crippen LogP contribution in [0.25, 0.3) is 0 Å². The van der Waals surface area contributed by atoms with Crippen LogP contribution in [0.5, 0.6) is 0 Å². The number of nitro benzene ring substituents is 1. The summed E-state index contributed by atoms with van der Waals surface area (Å²) in [5.41, 5.74) is 1.22. The van der Waals surface area contributed by atoms with Gasteiger partial charge in [-0.15, -0.1) is 0 Å². The number of amides is 2. The topological polar surface area (TPSA) is 101 Å². The lowest BCUT2D eigenvalue weighted by atomic mass is 10.2. The van der Waals surface area contributed by atoms with Gasteiger partial charge in [0.2, 0.25) is 5.91 Å². The number of hydrogen-bond acceptors (Lipinski definition) is 4. The predicted octanol–water partition coefficient (Wildman–Crippen LogP) is 3.41. The molecule has 118 valence electrons. The molecule has 0 saturated heterocycles. The molecule has 0 saturated carbocycles. The average molecular weight is 425 g/mol. The van der Waals surface area contributed by atoms with Crippen LogP contribution in [0.15, 0.2) is 42.5 Å². The molecule has 7 nitrogen and oxygen atoms in total. The van der Waals surface area contributed by atoms with E-state index in [0.29, 0.717) is 14.9 Å². The predicted molar refractivity (Wildman–Crippen MR) is 94.5 cm³/mol. The van der Waals surface area contributed by atoms with E-state index in [2.05, 4.69) is 10.6 Å². The molecule has 0 spiro atoms. The molecular formula is C15H12IN3O4. The van der Waals surface area contributed by atoms with Crippen LogP contribution < -0.4 is 10.6 Å². The molecule has 0 aliphatic rings. The minimum atomic E-state index is -0.547. The van der Waals surface area contributed by atoms with E-state index in [4.69, 9.17) is 0 Å². The van der Waals surface area contributed by atoms with Gasteiger partial charge in [-0.1, -0.05) is 0 Å². The molecule has 0 fully saturated rings. The number of hydrogen-bond donors (Lipinski definition) is 2. The zero-order valence-electron chi connectivity index (χ0n) is 12.0. The van der Waals surface area contributed by atoms with Crippen LogP contribution in [0, 0.1) is 13.7 Å². The van der Waals surface area contributed by atoms with Gasteiger partial charge in [0, 0.05) is 34.0 Å². The van der Waals surface area contributed by atoms with E-state index >= 15 is 0 Å². The lowest BCUT2D eigenvalue weighted by Gasteiger charge is -2.08. The third-order valence-corrected chi connectivity index (χ3v) is 3.81. The number of carbonyl (C=O) groups excluding carboxylic acids is 2. The average Bonchev–Trinajstić information content (AvgIpc) is 2.48. The highest BCUT2D eigenvalue weighted by Crippen LogP contribution is 2.21. The van der Waals surface area contributed by atoms with Crippen molar-refractivity contribution in [3.63, 3.8) is 0 Å². The number of anilines is 2. The standard InChI is InChI=1S/C15H12IN3O4/c1-9(20)17-10-2-4-11(5-3-10)18-15(21)13-8-12(19(22)23)6-7-14(13)16/h2-8H,1H3,(H,17,20)(H,18,21). The minimum absolute atomic E-state index is 0.142. The van der Waals surface area contributed by atoms with Gasteiger partial charge in [-0.3, -0.25) is 19.7 Å². The smallest absolute Gasteiger partial charge is 0.270 e. The Bertz CT molecular complexity index is 775. The molecule has 8 heteroatoms. The first-order valence-corrected chi connectivity index (χ1v) is 7.57. The summed E-state index contributed by atoms with van der Waals surface area (Å²) >= 11 is 1.95. The Balaban J connectivity index is 2.17. The molecule has 0 radical (unpaired) electrons. The fourth-order valence-electron chi connectivity index (χ4n) is 1.84. The van der Waals surface area contributed by atoms with E-state index < -0.39 is 10.8 Å². The quantitative estimate of drug-likeness (QED) is 0.446. The van der Waals surface area contributed by atoms with Gasteiger partial charge in [0.25, 0.3) is 11.6 Å². The number of nitrogens with zero attached hydrogens (tertiary/aromatic N) is 1. The molecular weight excluding hydrogens is 413 g/mol. The first kappa shape index (κ1) is 16.9. The van der Waals surface area contributed by atoms with E-state index in [0.717, 1.165) is 0 Å². The van der Waals surface area contributed by atoms with Crippen molar-refractivity contribution in [2.45, 2.75) is 6.92 Å². The van der Waals surface area contributed by atoms with E-state index in [1.807, 2.05) is 22.6 Å². The Labute approximate surface area is 145 Å². The first-order valence-electron chi connectivity index (χ1n) is 6.50. The Morgan fingerprint density at radius 3 is 2.13 bits per heavy atom. The Morgan fingerprint density at radius 1 is 1.04 bits per heavy atom. The Hall–Kier alpha value is -2.49. The lowest BCUT2D eigenvalue weighted by Crippen LogP contribution is -2.14. The van der Waals surface area contributed by atoms with Crippen molar-refractivity contribution in [2.75, 3.05) is 10.6 Å². The number of halogens is 1. The van der Waals surface area contributed by atoms with Crippen molar-refractivity contribution in [2.24, 2.45) is 0 Å². The maximum atomic E-state index is 12.3. The molecule has 0 aromatic heterocycles. The SMILES string of the molecule is CC(=O)Nc1ccc(NC(=O)c2cc([N+](=O)[O-])ccc2I)cc1. The van der Waals surface area contributed by atoms with Gasteiger partial charge >= 0.3 is 0 Å². The summed E-state index contributed by atoms with van der Waals surface area (Å²) in [5.74, 6) is -0.627. The van der Waals surface area contributed by atoms with E-state index in [1.165, 1.54) is 25.1 Å². The highest BCUT2D eigenvalue weighted by Gasteiger charge is 2.15. The lowest BCUT2D eigenvalue weighted by molar-refractivity contribution is -0.384. The molecule has 2 amide bonds. The van der Waals surface area contributed by atoms with Crippen molar-refractivity contribution in [3.8, 4) is 0 Å². The van der Waals surface area contributed by atoms with Crippen molar-refractivity contribution < 1.29 is 14.5 Å². The Kier molecular flexibility index (Phi) is 5.27. The summed E-state index contributed by atoms with van der Waals surface area (Å²) in [7, 11) is 0. The molecule has 2 aromatic rings. The number of non-ortho nitro benzene ring substituents is 1. The second kappa shape index (κ2) is 7.18. The van der Waals surface area contributed by atoms with E-state index in [1.54, 1.807) is 24.3 Å². The van der Waals surface area contributed by atoms with Gasteiger partial charge < -0.3 is 10.6 Å². The van der Waals surface area contributed by atoms with Crippen LogP contribution in [-0.2, 0) is 4.79 Å². The van der Waals surface area contributed by atoms with Crippen LogP contribution in [0.3, 0.4) is 0 Å². The molecule has 2 aromatic carbocycles. The molecule has 2 rings (SSSR count). The number of benzene rings is 2. The molecule has 23 heavy (non-hydrogen) atoms. The fourth-order valence-corrected chi connectivity index (χ4v) is 2.42. The summed E-state index contributed by atoms with van der Waals surface area (Å²) in [6.45, 7) is 1.40. The number of nitro groups is 1. The second-order valence-electron chi connectivity index (χ2n) is 4.63. The third-order valence-electron chi connectivity index (χ3n) is 2.87. The van der Waals surface area contributed by atoms with Gasteiger partial charge in [0.05, 0.1) is 10.5 Å². The zero-order chi connectivity index (χ0) is 17.0. The highest BCUT2D eigenvalue weighted by molar-refractivity contribution is 14.1. The summed E-state index contributed by atoms with van der Waals surface area (Å²) in [5, 5.41) is 16.1.